The third kappa shape index (κ3) is 4.61. The third-order valence-corrected chi connectivity index (χ3v) is 4.33. The number of ether oxygens (including phenoxy) is 1. The zero-order valence-electron chi connectivity index (χ0n) is 15.1. The first kappa shape index (κ1) is 18.4. The molecule has 138 valence electrons. The summed E-state index contributed by atoms with van der Waals surface area (Å²) in [6, 6.07) is 10.5. The minimum atomic E-state index is -0.224. The van der Waals surface area contributed by atoms with Crippen molar-refractivity contribution in [2.45, 2.75) is 26.2 Å². The van der Waals surface area contributed by atoms with Crippen molar-refractivity contribution in [1.29, 1.82) is 5.26 Å². The van der Waals surface area contributed by atoms with Gasteiger partial charge in [-0.15, -0.1) is 0 Å². The summed E-state index contributed by atoms with van der Waals surface area (Å²) in [5, 5.41) is 11.9. The molecule has 7 heteroatoms. The average Bonchev–Trinajstić information content (AvgIpc) is 2.66. The van der Waals surface area contributed by atoms with Gasteiger partial charge in [0, 0.05) is 24.8 Å². The first-order valence-corrected chi connectivity index (χ1v) is 8.78. The Morgan fingerprint density at radius 2 is 2.22 bits per heavy atom. The monoisotopic (exact) mass is 364 g/mol. The molecule has 0 radical (unpaired) electrons. The van der Waals surface area contributed by atoms with Gasteiger partial charge in [0.25, 0.3) is 0 Å². The van der Waals surface area contributed by atoms with Gasteiger partial charge >= 0.3 is 0 Å². The zero-order chi connectivity index (χ0) is 19.2. The highest BCUT2D eigenvalue weighted by atomic mass is 16.5. The maximum Gasteiger partial charge on any atom is 0.244 e. The summed E-state index contributed by atoms with van der Waals surface area (Å²) in [4.78, 5) is 29.7. The van der Waals surface area contributed by atoms with Crippen LogP contribution in [0.3, 0.4) is 0 Å². The van der Waals surface area contributed by atoms with E-state index >= 15 is 0 Å². The number of amides is 2. The molecule has 2 amide bonds. The average molecular weight is 364 g/mol. The van der Waals surface area contributed by atoms with Crippen molar-refractivity contribution < 1.29 is 14.3 Å². The summed E-state index contributed by atoms with van der Waals surface area (Å²) < 4.78 is 5.68. The van der Waals surface area contributed by atoms with Crippen LogP contribution in [-0.4, -0.2) is 34.8 Å². The minimum Gasteiger partial charge on any atom is -0.438 e. The molecule has 0 bridgehead atoms. The Kier molecular flexibility index (Phi) is 5.67. The van der Waals surface area contributed by atoms with Crippen LogP contribution in [0.5, 0.6) is 11.6 Å². The smallest absolute Gasteiger partial charge is 0.244 e. The van der Waals surface area contributed by atoms with E-state index in [0.717, 1.165) is 18.4 Å². The van der Waals surface area contributed by atoms with Crippen molar-refractivity contribution in [2.24, 2.45) is 0 Å². The number of benzene rings is 1. The number of aromatic nitrogens is 1. The molecule has 1 aromatic heterocycles. The lowest BCUT2D eigenvalue weighted by Crippen LogP contribution is -2.40. The lowest BCUT2D eigenvalue weighted by Gasteiger charge is -2.26. The van der Waals surface area contributed by atoms with Crippen LogP contribution in [0, 0.1) is 18.3 Å². The molecule has 0 spiro atoms. The fourth-order valence-electron chi connectivity index (χ4n) is 2.90. The van der Waals surface area contributed by atoms with Gasteiger partial charge in [-0.05, 0) is 55.7 Å². The van der Waals surface area contributed by atoms with E-state index in [2.05, 4.69) is 10.3 Å². The van der Waals surface area contributed by atoms with E-state index < -0.39 is 0 Å². The number of hydrogen-bond acceptors (Lipinski definition) is 5. The Balaban J connectivity index is 1.65. The molecule has 0 aliphatic carbocycles. The number of hydrogen-bond donors (Lipinski definition) is 1. The lowest BCUT2D eigenvalue weighted by atomic mass is 10.1. The number of nitrogens with zero attached hydrogens (tertiary/aromatic N) is 3. The van der Waals surface area contributed by atoms with Crippen molar-refractivity contribution in [3.63, 3.8) is 0 Å². The van der Waals surface area contributed by atoms with Gasteiger partial charge in [0.15, 0.2) is 0 Å². The topological polar surface area (TPSA) is 95.3 Å². The molecule has 3 rings (SSSR count). The van der Waals surface area contributed by atoms with Gasteiger partial charge < -0.3 is 15.0 Å². The molecule has 1 saturated heterocycles. The Morgan fingerprint density at radius 3 is 2.96 bits per heavy atom. The number of carbonyl (C=O) groups is 2. The van der Waals surface area contributed by atoms with Crippen LogP contribution >= 0.6 is 0 Å². The number of carbonyl (C=O) groups excluding carboxylic acids is 2. The van der Waals surface area contributed by atoms with Crippen molar-refractivity contribution in [3.05, 3.63) is 47.7 Å². The molecule has 0 unspecified atom stereocenters. The summed E-state index contributed by atoms with van der Waals surface area (Å²) in [6.07, 6.45) is 3.89. The predicted octanol–water partition coefficient (Wildman–Crippen LogP) is 3.01. The second-order valence-corrected chi connectivity index (χ2v) is 6.37. The highest BCUT2D eigenvalue weighted by Crippen LogP contribution is 2.26. The van der Waals surface area contributed by atoms with E-state index in [9.17, 15) is 9.59 Å². The number of rotatable bonds is 5. The molecule has 1 N–H and O–H groups in total. The normalized spacial score (nSPS) is 13.8. The number of piperidine rings is 1. The summed E-state index contributed by atoms with van der Waals surface area (Å²) in [5.74, 6) is 0.561. The molecule has 1 aliphatic heterocycles. The van der Waals surface area contributed by atoms with Crippen LogP contribution in [0.25, 0.3) is 0 Å². The van der Waals surface area contributed by atoms with Crippen molar-refractivity contribution in [2.75, 3.05) is 18.4 Å². The highest BCUT2D eigenvalue weighted by Gasteiger charge is 2.20. The minimum absolute atomic E-state index is 0.0283. The predicted molar refractivity (Wildman–Crippen MR) is 99.3 cm³/mol. The Morgan fingerprint density at radius 1 is 1.37 bits per heavy atom. The first-order valence-electron chi connectivity index (χ1n) is 8.78. The number of nitriles is 1. The number of pyridine rings is 1. The van der Waals surface area contributed by atoms with Gasteiger partial charge in [-0.1, -0.05) is 0 Å². The maximum absolute atomic E-state index is 12.3. The van der Waals surface area contributed by atoms with Crippen LogP contribution in [0.1, 0.15) is 30.4 Å². The largest absolute Gasteiger partial charge is 0.438 e. The molecule has 1 aliphatic rings. The van der Waals surface area contributed by atoms with Crippen molar-refractivity contribution in [3.8, 4) is 17.7 Å². The third-order valence-electron chi connectivity index (χ3n) is 4.33. The van der Waals surface area contributed by atoms with Gasteiger partial charge in [-0.3, -0.25) is 9.59 Å². The van der Waals surface area contributed by atoms with Crippen LogP contribution in [0.2, 0.25) is 0 Å². The molecular weight excluding hydrogens is 344 g/mol. The van der Waals surface area contributed by atoms with E-state index in [1.165, 1.54) is 0 Å². The van der Waals surface area contributed by atoms with E-state index in [1.807, 2.05) is 13.0 Å². The first-order chi connectivity index (χ1) is 13.1. The molecule has 2 heterocycles. The Labute approximate surface area is 157 Å². The van der Waals surface area contributed by atoms with Gasteiger partial charge in [-0.25, -0.2) is 4.98 Å². The van der Waals surface area contributed by atoms with E-state index in [0.29, 0.717) is 30.0 Å². The number of anilines is 1. The summed E-state index contributed by atoms with van der Waals surface area (Å²) >= 11 is 0. The number of likely N-dealkylation sites (tertiary alicyclic amines) is 1. The molecule has 1 fully saturated rings. The highest BCUT2D eigenvalue weighted by molar-refractivity contribution is 5.95. The summed E-state index contributed by atoms with van der Waals surface area (Å²) in [7, 11) is 0. The van der Waals surface area contributed by atoms with Gasteiger partial charge in [-0.2, -0.15) is 5.26 Å². The number of aryl methyl sites for hydroxylation is 1. The van der Waals surface area contributed by atoms with E-state index in [1.54, 1.807) is 41.4 Å². The molecular formula is C20H20N4O3. The second-order valence-electron chi connectivity index (χ2n) is 6.37. The maximum atomic E-state index is 12.3. The van der Waals surface area contributed by atoms with E-state index in [-0.39, 0.29) is 24.2 Å². The summed E-state index contributed by atoms with van der Waals surface area (Å²) in [6.45, 7) is 2.54. The molecule has 27 heavy (non-hydrogen) atoms. The van der Waals surface area contributed by atoms with Crippen LogP contribution in [0.15, 0.2) is 36.5 Å². The van der Waals surface area contributed by atoms with Crippen LogP contribution < -0.4 is 10.1 Å². The van der Waals surface area contributed by atoms with Gasteiger partial charge in [0.05, 0.1) is 6.54 Å². The Bertz CT molecular complexity index is 904. The molecule has 7 nitrogen and oxygen atoms in total. The van der Waals surface area contributed by atoms with Gasteiger partial charge in [0.2, 0.25) is 17.7 Å². The summed E-state index contributed by atoms with van der Waals surface area (Å²) in [5.41, 5.74) is 1.80. The zero-order valence-corrected chi connectivity index (χ0v) is 15.1. The Hall–Kier alpha value is -3.40. The molecule has 2 aromatic rings. The van der Waals surface area contributed by atoms with E-state index in [4.69, 9.17) is 10.00 Å². The molecule has 1 aromatic carbocycles. The van der Waals surface area contributed by atoms with Crippen molar-refractivity contribution >= 4 is 17.5 Å². The fraction of sp³-hybridized carbons (Fsp3) is 0.300. The van der Waals surface area contributed by atoms with Crippen LogP contribution in [-0.2, 0) is 9.59 Å². The quantitative estimate of drug-likeness (QED) is 0.880. The van der Waals surface area contributed by atoms with Crippen molar-refractivity contribution in [1.82, 2.24) is 9.88 Å². The second kappa shape index (κ2) is 8.32. The number of nitrogens with one attached hydrogen (secondary N) is 1. The lowest BCUT2D eigenvalue weighted by molar-refractivity contribution is -0.136. The molecule has 0 atom stereocenters. The SMILES string of the molecule is Cc1cc(Oc2ncccc2C#N)ccc1NC(=O)CN1CCCCC1=O. The molecule has 0 saturated carbocycles. The van der Waals surface area contributed by atoms with Gasteiger partial charge in [0.1, 0.15) is 17.4 Å². The fourth-order valence-corrected chi connectivity index (χ4v) is 2.90. The standard InChI is InChI=1S/C20H20N4O3/c1-14-11-16(27-20-15(12-21)5-4-9-22-20)7-8-17(14)23-18(25)13-24-10-3-2-6-19(24)26/h4-5,7-9,11H,2-3,6,10,13H2,1H3,(H,23,25). The van der Waals surface area contributed by atoms with Crippen LogP contribution in [0.4, 0.5) is 5.69 Å².